The fourth-order valence-electron chi connectivity index (χ4n) is 2.07. The van der Waals surface area contributed by atoms with Crippen LogP contribution in [0.5, 0.6) is 0 Å². The van der Waals surface area contributed by atoms with E-state index in [4.69, 9.17) is 5.26 Å². The first kappa shape index (κ1) is 11.4. The van der Waals surface area contributed by atoms with Crippen molar-refractivity contribution in [3.8, 4) is 6.07 Å². The summed E-state index contributed by atoms with van der Waals surface area (Å²) in [4.78, 5) is 2.20. The molecule has 1 aliphatic heterocycles. The number of hydrogen-bond acceptors (Lipinski definition) is 3. The summed E-state index contributed by atoms with van der Waals surface area (Å²) < 4.78 is 0.950. The first-order valence-electron chi connectivity index (χ1n) is 5.35. The van der Waals surface area contributed by atoms with E-state index in [0.29, 0.717) is 6.04 Å². The minimum absolute atomic E-state index is 0.494. The van der Waals surface area contributed by atoms with Gasteiger partial charge < -0.3 is 10.2 Å². The van der Waals surface area contributed by atoms with Gasteiger partial charge in [0.2, 0.25) is 0 Å². The molecule has 84 valence electrons. The highest BCUT2D eigenvalue weighted by Crippen LogP contribution is 2.25. The van der Waals surface area contributed by atoms with Crippen molar-refractivity contribution in [1.82, 2.24) is 5.32 Å². The topological polar surface area (TPSA) is 39.1 Å². The number of benzene rings is 1. The quantitative estimate of drug-likeness (QED) is 0.902. The summed E-state index contributed by atoms with van der Waals surface area (Å²) in [5, 5.41) is 12.5. The largest absolute Gasteiger partial charge is 0.369 e. The first-order chi connectivity index (χ1) is 7.72. The van der Waals surface area contributed by atoms with Gasteiger partial charge >= 0.3 is 0 Å². The van der Waals surface area contributed by atoms with Crippen molar-refractivity contribution >= 4 is 21.6 Å². The Morgan fingerprint density at radius 2 is 2.38 bits per heavy atom. The third-order valence-electron chi connectivity index (χ3n) is 3.04. The number of rotatable bonds is 2. The Morgan fingerprint density at radius 3 is 3.00 bits per heavy atom. The maximum atomic E-state index is 9.12. The molecule has 1 aromatic carbocycles. The van der Waals surface area contributed by atoms with Crippen LogP contribution in [0.3, 0.4) is 0 Å². The molecule has 1 N–H and O–H groups in total. The van der Waals surface area contributed by atoms with Gasteiger partial charge in [0.05, 0.1) is 11.3 Å². The maximum absolute atomic E-state index is 9.12. The van der Waals surface area contributed by atoms with Gasteiger partial charge in [0.25, 0.3) is 0 Å². The molecular weight excluding hydrogens is 266 g/mol. The molecule has 0 aromatic heterocycles. The predicted molar refractivity (Wildman–Crippen MR) is 68.5 cm³/mol. The minimum Gasteiger partial charge on any atom is -0.369 e. The fourth-order valence-corrected chi connectivity index (χ4v) is 2.43. The van der Waals surface area contributed by atoms with E-state index < -0.39 is 0 Å². The highest BCUT2D eigenvalue weighted by atomic mass is 79.9. The van der Waals surface area contributed by atoms with Gasteiger partial charge in [-0.25, -0.2) is 0 Å². The minimum atomic E-state index is 0.494. The second kappa shape index (κ2) is 4.86. The molecule has 1 atom stereocenters. The standard InChI is InChI=1S/C12H14BrN3/c1-16(11-4-5-15-8-11)12-3-2-10(13)6-9(12)7-14/h2-3,6,11,15H,4-5,8H2,1H3. The van der Waals surface area contributed by atoms with Crippen LogP contribution >= 0.6 is 15.9 Å². The molecule has 0 spiro atoms. The summed E-state index contributed by atoms with van der Waals surface area (Å²) in [6.07, 6.45) is 1.14. The van der Waals surface area contributed by atoms with Crippen molar-refractivity contribution in [2.45, 2.75) is 12.5 Å². The lowest BCUT2D eigenvalue weighted by atomic mass is 10.1. The van der Waals surface area contributed by atoms with Crippen LogP contribution in [0.15, 0.2) is 22.7 Å². The van der Waals surface area contributed by atoms with E-state index in [9.17, 15) is 0 Å². The Bertz CT molecular complexity index is 419. The Morgan fingerprint density at radius 1 is 1.56 bits per heavy atom. The van der Waals surface area contributed by atoms with Gasteiger partial charge in [0.1, 0.15) is 6.07 Å². The monoisotopic (exact) mass is 279 g/mol. The van der Waals surface area contributed by atoms with Crippen molar-refractivity contribution in [3.05, 3.63) is 28.2 Å². The van der Waals surface area contributed by atoms with Crippen LogP contribution in [-0.2, 0) is 0 Å². The highest BCUT2D eigenvalue weighted by Gasteiger charge is 2.21. The molecule has 1 fully saturated rings. The van der Waals surface area contributed by atoms with Crippen LogP contribution in [-0.4, -0.2) is 26.2 Å². The number of anilines is 1. The van der Waals surface area contributed by atoms with Crippen molar-refractivity contribution < 1.29 is 0 Å². The summed E-state index contributed by atoms with van der Waals surface area (Å²) >= 11 is 3.39. The Balaban J connectivity index is 2.28. The molecule has 1 aliphatic rings. The van der Waals surface area contributed by atoms with E-state index in [1.54, 1.807) is 0 Å². The molecular formula is C12H14BrN3. The molecule has 2 rings (SSSR count). The van der Waals surface area contributed by atoms with E-state index in [1.807, 2.05) is 18.2 Å². The molecule has 0 aliphatic carbocycles. The summed E-state index contributed by atoms with van der Waals surface area (Å²) in [6.45, 7) is 2.06. The van der Waals surface area contributed by atoms with Crippen LogP contribution in [0.2, 0.25) is 0 Å². The molecule has 0 bridgehead atoms. The van der Waals surface area contributed by atoms with E-state index in [-0.39, 0.29) is 0 Å². The van der Waals surface area contributed by atoms with Gasteiger partial charge in [-0.15, -0.1) is 0 Å². The van der Waals surface area contributed by atoms with E-state index in [0.717, 1.165) is 35.2 Å². The fraction of sp³-hybridized carbons (Fsp3) is 0.417. The van der Waals surface area contributed by atoms with Crippen LogP contribution in [0.1, 0.15) is 12.0 Å². The lowest BCUT2D eigenvalue weighted by Crippen LogP contribution is -2.33. The Kier molecular flexibility index (Phi) is 3.47. The molecule has 3 nitrogen and oxygen atoms in total. The highest BCUT2D eigenvalue weighted by molar-refractivity contribution is 9.10. The molecule has 1 unspecified atom stereocenters. The Hall–Kier alpha value is -1.05. The summed E-state index contributed by atoms with van der Waals surface area (Å²) in [5.74, 6) is 0. The number of nitriles is 1. The molecule has 0 radical (unpaired) electrons. The van der Waals surface area contributed by atoms with Gasteiger partial charge in [0, 0.05) is 24.1 Å². The smallest absolute Gasteiger partial charge is 0.101 e. The van der Waals surface area contributed by atoms with Gasteiger partial charge in [-0.1, -0.05) is 15.9 Å². The number of likely N-dealkylation sites (N-methyl/N-ethyl adjacent to an activating group) is 1. The molecule has 4 heteroatoms. The number of nitrogens with one attached hydrogen (secondary N) is 1. The molecule has 1 aromatic rings. The van der Waals surface area contributed by atoms with Crippen molar-refractivity contribution in [3.63, 3.8) is 0 Å². The van der Waals surface area contributed by atoms with Gasteiger partial charge in [-0.2, -0.15) is 5.26 Å². The third-order valence-corrected chi connectivity index (χ3v) is 3.53. The molecule has 0 saturated carbocycles. The second-order valence-electron chi connectivity index (χ2n) is 4.03. The van der Waals surface area contributed by atoms with Crippen molar-refractivity contribution in [1.29, 1.82) is 5.26 Å². The summed E-state index contributed by atoms with van der Waals surface area (Å²) in [6, 6.07) is 8.59. The van der Waals surface area contributed by atoms with E-state index in [2.05, 4.69) is 39.3 Å². The average molecular weight is 280 g/mol. The first-order valence-corrected chi connectivity index (χ1v) is 6.15. The molecule has 1 heterocycles. The summed E-state index contributed by atoms with van der Waals surface area (Å²) in [5.41, 5.74) is 1.74. The van der Waals surface area contributed by atoms with Crippen LogP contribution in [0, 0.1) is 11.3 Å². The Labute approximate surface area is 104 Å². The van der Waals surface area contributed by atoms with Gasteiger partial charge in [0.15, 0.2) is 0 Å². The molecule has 0 amide bonds. The number of hydrogen-bond donors (Lipinski definition) is 1. The van der Waals surface area contributed by atoms with Crippen LogP contribution < -0.4 is 10.2 Å². The van der Waals surface area contributed by atoms with E-state index in [1.165, 1.54) is 0 Å². The zero-order valence-corrected chi connectivity index (χ0v) is 10.8. The lowest BCUT2D eigenvalue weighted by Gasteiger charge is -2.26. The van der Waals surface area contributed by atoms with Crippen molar-refractivity contribution in [2.75, 3.05) is 25.0 Å². The van der Waals surface area contributed by atoms with E-state index >= 15 is 0 Å². The normalized spacial score (nSPS) is 19.4. The third kappa shape index (κ3) is 2.21. The molecule has 1 saturated heterocycles. The second-order valence-corrected chi connectivity index (χ2v) is 4.95. The summed E-state index contributed by atoms with van der Waals surface area (Å²) in [7, 11) is 2.06. The average Bonchev–Trinajstić information content (AvgIpc) is 2.81. The SMILES string of the molecule is CN(c1ccc(Br)cc1C#N)C1CCNC1. The molecule has 16 heavy (non-hydrogen) atoms. The van der Waals surface area contributed by atoms with Gasteiger partial charge in [-0.3, -0.25) is 0 Å². The zero-order valence-electron chi connectivity index (χ0n) is 9.20. The van der Waals surface area contributed by atoms with Crippen molar-refractivity contribution in [2.24, 2.45) is 0 Å². The predicted octanol–water partition coefficient (Wildman–Crippen LogP) is 2.12. The number of nitrogens with zero attached hydrogens (tertiary/aromatic N) is 2. The zero-order chi connectivity index (χ0) is 11.5. The van der Waals surface area contributed by atoms with Crippen LogP contribution in [0.4, 0.5) is 5.69 Å². The maximum Gasteiger partial charge on any atom is 0.101 e. The van der Waals surface area contributed by atoms with Gasteiger partial charge in [-0.05, 0) is 31.2 Å². The van der Waals surface area contributed by atoms with Crippen LogP contribution in [0.25, 0.3) is 0 Å². The lowest BCUT2D eigenvalue weighted by molar-refractivity contribution is 0.685. The number of halogens is 1.